The van der Waals surface area contributed by atoms with Crippen LogP contribution in [0.4, 0.5) is 0 Å². The Bertz CT molecular complexity index is 678. The smallest absolute Gasteiger partial charge is 0.333 e. The highest BCUT2D eigenvalue weighted by Crippen LogP contribution is 2.27. The first kappa shape index (κ1) is 14.4. The molecule has 112 valence electrons. The van der Waals surface area contributed by atoms with Crippen molar-refractivity contribution in [3.05, 3.63) is 72.3 Å². The van der Waals surface area contributed by atoms with Gasteiger partial charge in [-0.3, -0.25) is 0 Å². The highest BCUT2D eigenvalue weighted by Gasteiger charge is 2.20. The maximum atomic E-state index is 11.0. The van der Waals surface area contributed by atoms with Crippen molar-refractivity contribution in [2.45, 2.75) is 19.3 Å². The van der Waals surface area contributed by atoms with Gasteiger partial charge < -0.3 is 14.2 Å². The Morgan fingerprint density at radius 3 is 2.55 bits per heavy atom. The molecule has 0 aliphatic carbocycles. The molecule has 0 saturated carbocycles. The topological polar surface area (TPSA) is 44.8 Å². The van der Waals surface area contributed by atoms with Crippen LogP contribution in [0, 0.1) is 0 Å². The predicted molar refractivity (Wildman–Crippen MR) is 81.5 cm³/mol. The van der Waals surface area contributed by atoms with E-state index in [1.54, 1.807) is 6.08 Å². The van der Waals surface area contributed by atoms with Crippen LogP contribution in [-0.2, 0) is 14.3 Å². The minimum absolute atomic E-state index is 0.222. The molecule has 1 heterocycles. The van der Waals surface area contributed by atoms with Crippen LogP contribution in [0.15, 0.2) is 66.7 Å². The van der Waals surface area contributed by atoms with Gasteiger partial charge >= 0.3 is 5.97 Å². The monoisotopic (exact) mass is 296 g/mol. The Labute approximate surface area is 128 Å². The molecule has 0 amide bonds. The number of rotatable bonds is 5. The van der Waals surface area contributed by atoms with Crippen LogP contribution in [0.2, 0.25) is 0 Å². The molecular weight excluding hydrogens is 280 g/mol. The number of esters is 1. The van der Waals surface area contributed by atoms with Gasteiger partial charge in [0.1, 0.15) is 11.5 Å². The van der Waals surface area contributed by atoms with Crippen molar-refractivity contribution in [1.29, 1.82) is 0 Å². The molecule has 2 aromatic carbocycles. The molecule has 0 aromatic heterocycles. The average Bonchev–Trinajstić information content (AvgIpc) is 2.93. The second-order valence-electron chi connectivity index (χ2n) is 4.93. The minimum Gasteiger partial charge on any atom is -0.457 e. The lowest BCUT2D eigenvalue weighted by atomic mass is 10.1. The predicted octanol–water partition coefficient (Wildman–Crippen LogP) is 4.00. The van der Waals surface area contributed by atoms with Gasteiger partial charge in [0, 0.05) is 6.08 Å². The second kappa shape index (κ2) is 6.45. The molecule has 1 aliphatic rings. The number of carbonyl (C=O) groups is 1. The quantitative estimate of drug-likeness (QED) is 0.782. The Hall–Kier alpha value is -2.59. The highest BCUT2D eigenvalue weighted by molar-refractivity contribution is 5.84. The first-order chi connectivity index (χ1) is 10.7. The number of hydrogen-bond acceptors (Lipinski definition) is 4. The number of hydrogen-bond donors (Lipinski definition) is 0. The lowest BCUT2D eigenvalue weighted by Crippen LogP contribution is -2.14. The Morgan fingerprint density at radius 2 is 1.82 bits per heavy atom. The highest BCUT2D eigenvalue weighted by atomic mass is 16.7. The van der Waals surface area contributed by atoms with Gasteiger partial charge in [-0.05, 0) is 42.8 Å². The molecule has 3 rings (SSSR count). The standard InChI is InChI=1S/C18H16O4/c1-13(20-18-11-10-17(19)22-18)14-6-5-9-16(12-14)21-15-7-3-2-4-8-15/h2-13,18H,1H3/t13-,18+/m0/s1. The summed E-state index contributed by atoms with van der Waals surface area (Å²) in [5.74, 6) is 1.14. The van der Waals surface area contributed by atoms with Crippen LogP contribution in [0.3, 0.4) is 0 Å². The number of ether oxygens (including phenoxy) is 3. The Balaban J connectivity index is 1.68. The summed E-state index contributed by atoms with van der Waals surface area (Å²) < 4.78 is 16.5. The fraction of sp³-hybridized carbons (Fsp3) is 0.167. The average molecular weight is 296 g/mol. The number of cyclic esters (lactones) is 1. The second-order valence-corrected chi connectivity index (χ2v) is 4.93. The molecule has 0 spiro atoms. The minimum atomic E-state index is -0.624. The zero-order chi connectivity index (χ0) is 15.4. The summed E-state index contributed by atoms with van der Waals surface area (Å²) in [7, 11) is 0. The summed E-state index contributed by atoms with van der Waals surface area (Å²) in [6.07, 6.45) is 2.12. The molecule has 0 saturated heterocycles. The Kier molecular flexibility index (Phi) is 4.21. The van der Waals surface area contributed by atoms with E-state index < -0.39 is 6.29 Å². The van der Waals surface area contributed by atoms with Gasteiger partial charge in [0.25, 0.3) is 0 Å². The SMILES string of the molecule is C[C@H](O[C@H]1C=CC(=O)O1)c1cccc(Oc2ccccc2)c1. The van der Waals surface area contributed by atoms with E-state index in [9.17, 15) is 4.79 Å². The van der Waals surface area contributed by atoms with Crippen molar-refractivity contribution in [3.8, 4) is 11.5 Å². The van der Waals surface area contributed by atoms with Gasteiger partial charge in [0.2, 0.25) is 6.29 Å². The largest absolute Gasteiger partial charge is 0.457 e. The Morgan fingerprint density at radius 1 is 1.05 bits per heavy atom. The van der Waals surface area contributed by atoms with Crippen molar-refractivity contribution in [1.82, 2.24) is 0 Å². The van der Waals surface area contributed by atoms with Crippen LogP contribution in [-0.4, -0.2) is 12.3 Å². The van der Waals surface area contributed by atoms with Crippen LogP contribution in [0.25, 0.3) is 0 Å². The third kappa shape index (κ3) is 3.54. The first-order valence-corrected chi connectivity index (χ1v) is 7.08. The summed E-state index contributed by atoms with van der Waals surface area (Å²) in [4.78, 5) is 11.0. The molecule has 0 N–H and O–H groups in total. The molecule has 1 aliphatic heterocycles. The summed E-state index contributed by atoms with van der Waals surface area (Å²) in [5, 5.41) is 0. The van der Waals surface area contributed by atoms with E-state index in [1.807, 2.05) is 61.5 Å². The zero-order valence-corrected chi connectivity index (χ0v) is 12.1. The van der Waals surface area contributed by atoms with Gasteiger partial charge in [0.15, 0.2) is 0 Å². The van der Waals surface area contributed by atoms with Crippen molar-refractivity contribution >= 4 is 5.97 Å². The first-order valence-electron chi connectivity index (χ1n) is 7.08. The summed E-state index contributed by atoms with van der Waals surface area (Å²) >= 11 is 0. The lowest BCUT2D eigenvalue weighted by Gasteiger charge is -2.18. The third-order valence-corrected chi connectivity index (χ3v) is 3.27. The summed E-state index contributed by atoms with van der Waals surface area (Å²) in [6, 6.07) is 17.2. The molecule has 2 aromatic rings. The van der Waals surface area contributed by atoms with Crippen LogP contribution >= 0.6 is 0 Å². The molecule has 0 bridgehead atoms. The molecule has 4 nitrogen and oxygen atoms in total. The molecule has 0 radical (unpaired) electrons. The fourth-order valence-electron chi connectivity index (χ4n) is 2.16. The van der Waals surface area contributed by atoms with E-state index in [1.165, 1.54) is 6.08 Å². The van der Waals surface area contributed by atoms with Crippen molar-refractivity contribution in [2.75, 3.05) is 0 Å². The van der Waals surface area contributed by atoms with Crippen molar-refractivity contribution in [3.63, 3.8) is 0 Å². The molecule has 22 heavy (non-hydrogen) atoms. The van der Waals surface area contributed by atoms with E-state index in [-0.39, 0.29) is 12.1 Å². The van der Waals surface area contributed by atoms with Crippen LogP contribution in [0.1, 0.15) is 18.6 Å². The molecule has 0 fully saturated rings. The molecular formula is C18H16O4. The third-order valence-electron chi connectivity index (χ3n) is 3.27. The van der Waals surface area contributed by atoms with Gasteiger partial charge in [0.05, 0.1) is 6.10 Å². The van der Waals surface area contributed by atoms with Crippen LogP contribution < -0.4 is 4.74 Å². The molecule has 2 atom stereocenters. The number of carbonyl (C=O) groups excluding carboxylic acids is 1. The van der Waals surface area contributed by atoms with Crippen LogP contribution in [0.5, 0.6) is 11.5 Å². The molecule has 0 unspecified atom stereocenters. The van der Waals surface area contributed by atoms with E-state index in [2.05, 4.69) is 0 Å². The number of para-hydroxylation sites is 1. The van der Waals surface area contributed by atoms with Crippen molar-refractivity contribution < 1.29 is 19.0 Å². The van der Waals surface area contributed by atoms with Crippen molar-refractivity contribution in [2.24, 2.45) is 0 Å². The van der Waals surface area contributed by atoms with Gasteiger partial charge in [-0.2, -0.15) is 0 Å². The zero-order valence-electron chi connectivity index (χ0n) is 12.1. The fourth-order valence-corrected chi connectivity index (χ4v) is 2.16. The van der Waals surface area contributed by atoms with Gasteiger partial charge in [-0.1, -0.05) is 30.3 Å². The van der Waals surface area contributed by atoms with E-state index >= 15 is 0 Å². The van der Waals surface area contributed by atoms with Gasteiger partial charge in [-0.15, -0.1) is 0 Å². The van der Waals surface area contributed by atoms with Gasteiger partial charge in [-0.25, -0.2) is 4.79 Å². The maximum absolute atomic E-state index is 11.0. The van der Waals surface area contributed by atoms with E-state index in [4.69, 9.17) is 14.2 Å². The normalized spacial score (nSPS) is 18.0. The summed E-state index contributed by atoms with van der Waals surface area (Å²) in [6.45, 7) is 1.90. The maximum Gasteiger partial charge on any atom is 0.333 e. The number of benzene rings is 2. The van der Waals surface area contributed by atoms with E-state index in [0.717, 1.165) is 17.1 Å². The summed E-state index contributed by atoms with van der Waals surface area (Å²) in [5.41, 5.74) is 0.949. The lowest BCUT2D eigenvalue weighted by molar-refractivity contribution is -0.165. The van der Waals surface area contributed by atoms with E-state index in [0.29, 0.717) is 0 Å². The molecule has 4 heteroatoms.